The maximum absolute atomic E-state index is 11.4. The summed E-state index contributed by atoms with van der Waals surface area (Å²) in [5.41, 5.74) is 8.45. The number of allylic oxidation sites excluding steroid dienone is 1. The topological polar surface area (TPSA) is 120 Å². The summed E-state index contributed by atoms with van der Waals surface area (Å²) in [6, 6.07) is 15.8. The van der Waals surface area contributed by atoms with Gasteiger partial charge in [0.05, 0.1) is 27.8 Å². The van der Waals surface area contributed by atoms with Gasteiger partial charge in [0.15, 0.2) is 0 Å². The summed E-state index contributed by atoms with van der Waals surface area (Å²) in [5.74, 6) is -0.371. The van der Waals surface area contributed by atoms with Crippen LogP contribution in [0.1, 0.15) is 22.7 Å². The first-order valence-electron chi connectivity index (χ1n) is 8.58. The maximum atomic E-state index is 11.4. The molecule has 144 valence electrons. The van der Waals surface area contributed by atoms with Crippen LogP contribution in [0.5, 0.6) is 5.88 Å². The van der Waals surface area contributed by atoms with Gasteiger partial charge in [0.25, 0.3) is 5.69 Å². The number of nitro benzene ring substituents is 1. The molecule has 29 heavy (non-hydrogen) atoms. The van der Waals surface area contributed by atoms with E-state index in [4.69, 9.17) is 22.1 Å². The number of nitro groups is 1. The highest BCUT2D eigenvalue weighted by molar-refractivity contribution is 6.32. The summed E-state index contributed by atoms with van der Waals surface area (Å²) in [6.45, 7) is 1.79. The molecule has 0 saturated heterocycles. The molecule has 4 rings (SSSR count). The fourth-order valence-corrected chi connectivity index (χ4v) is 3.63. The molecule has 0 amide bonds. The Morgan fingerprint density at radius 2 is 2.03 bits per heavy atom. The molecular weight excluding hydrogens is 394 g/mol. The minimum Gasteiger partial charge on any atom is -0.422 e. The lowest BCUT2D eigenvalue weighted by Crippen LogP contribution is -2.22. The molecule has 9 heteroatoms. The quantitative estimate of drug-likeness (QED) is 0.518. The van der Waals surface area contributed by atoms with Gasteiger partial charge in [-0.05, 0) is 30.7 Å². The van der Waals surface area contributed by atoms with E-state index in [0.717, 1.165) is 5.69 Å². The Morgan fingerprint density at radius 1 is 1.31 bits per heavy atom. The molecule has 1 aliphatic rings. The first-order chi connectivity index (χ1) is 13.9. The predicted molar refractivity (Wildman–Crippen MR) is 106 cm³/mol. The second-order valence-electron chi connectivity index (χ2n) is 6.44. The van der Waals surface area contributed by atoms with Gasteiger partial charge in [0.1, 0.15) is 16.7 Å². The molecule has 1 aromatic heterocycles. The number of hydrogen-bond acceptors (Lipinski definition) is 6. The van der Waals surface area contributed by atoms with Crippen molar-refractivity contribution in [3.63, 3.8) is 0 Å². The van der Waals surface area contributed by atoms with E-state index in [2.05, 4.69) is 11.2 Å². The molecule has 2 N–H and O–H groups in total. The van der Waals surface area contributed by atoms with Crippen LogP contribution in [0.2, 0.25) is 5.02 Å². The zero-order chi connectivity index (χ0) is 20.7. The first-order valence-corrected chi connectivity index (χ1v) is 8.96. The third kappa shape index (κ3) is 2.98. The third-order valence-corrected chi connectivity index (χ3v) is 5.05. The Kier molecular flexibility index (Phi) is 4.45. The lowest BCUT2D eigenvalue weighted by Gasteiger charge is -2.24. The van der Waals surface area contributed by atoms with Crippen LogP contribution in [0.25, 0.3) is 5.69 Å². The first kappa shape index (κ1) is 18.5. The number of nitriles is 1. The number of nitrogens with zero attached hydrogens (tertiary/aromatic N) is 4. The Bertz CT molecular complexity index is 1210. The third-order valence-electron chi connectivity index (χ3n) is 4.73. The molecule has 1 aliphatic heterocycles. The number of aryl methyl sites for hydroxylation is 1. The fraction of sp³-hybridized carbons (Fsp3) is 0.100. The van der Waals surface area contributed by atoms with Crippen LogP contribution in [0.3, 0.4) is 0 Å². The number of benzene rings is 2. The monoisotopic (exact) mass is 407 g/mol. The molecule has 0 bridgehead atoms. The van der Waals surface area contributed by atoms with E-state index in [0.29, 0.717) is 22.7 Å². The summed E-state index contributed by atoms with van der Waals surface area (Å²) in [5, 5.41) is 25.6. The number of halogens is 1. The molecule has 0 aliphatic carbocycles. The lowest BCUT2D eigenvalue weighted by molar-refractivity contribution is -0.384. The van der Waals surface area contributed by atoms with E-state index < -0.39 is 10.8 Å². The highest BCUT2D eigenvalue weighted by Crippen LogP contribution is 2.45. The Labute approximate surface area is 170 Å². The zero-order valence-electron chi connectivity index (χ0n) is 15.2. The number of nitrogens with two attached hydrogens (primary N) is 1. The summed E-state index contributed by atoms with van der Waals surface area (Å²) in [7, 11) is 0. The molecule has 0 unspecified atom stereocenters. The van der Waals surface area contributed by atoms with Crippen molar-refractivity contribution >= 4 is 17.3 Å². The number of fused-ring (bicyclic) bond motifs is 1. The van der Waals surface area contributed by atoms with Gasteiger partial charge in [-0.15, -0.1) is 0 Å². The second-order valence-corrected chi connectivity index (χ2v) is 6.85. The average molecular weight is 408 g/mol. The molecule has 0 radical (unpaired) electrons. The normalized spacial score (nSPS) is 15.4. The highest BCUT2D eigenvalue weighted by atomic mass is 35.5. The average Bonchev–Trinajstić information content (AvgIpc) is 3.04. The van der Waals surface area contributed by atoms with Gasteiger partial charge >= 0.3 is 0 Å². The van der Waals surface area contributed by atoms with Crippen molar-refractivity contribution in [2.75, 3.05) is 0 Å². The molecule has 1 atom stereocenters. The Hall–Kier alpha value is -3.83. The smallest absolute Gasteiger partial charge is 0.288 e. The molecule has 0 fully saturated rings. The highest BCUT2D eigenvalue weighted by Gasteiger charge is 2.37. The van der Waals surface area contributed by atoms with Crippen molar-refractivity contribution in [2.45, 2.75) is 12.8 Å². The Morgan fingerprint density at radius 3 is 2.69 bits per heavy atom. The Balaban J connectivity index is 1.97. The number of ether oxygens (including phenoxy) is 1. The van der Waals surface area contributed by atoms with Crippen LogP contribution < -0.4 is 10.5 Å². The molecule has 2 heterocycles. The largest absolute Gasteiger partial charge is 0.422 e. The van der Waals surface area contributed by atoms with Gasteiger partial charge in [-0.25, -0.2) is 4.68 Å². The molecule has 0 spiro atoms. The lowest BCUT2D eigenvalue weighted by atomic mass is 9.84. The van der Waals surface area contributed by atoms with Crippen molar-refractivity contribution in [3.8, 4) is 17.6 Å². The molecular formula is C20H14ClN5O3. The van der Waals surface area contributed by atoms with Crippen molar-refractivity contribution in [3.05, 3.63) is 91.9 Å². The van der Waals surface area contributed by atoms with Crippen LogP contribution in [0.15, 0.2) is 60.0 Å². The van der Waals surface area contributed by atoms with Gasteiger partial charge in [-0.1, -0.05) is 35.9 Å². The zero-order valence-corrected chi connectivity index (χ0v) is 15.9. The minimum atomic E-state index is -0.669. The molecule has 3 aromatic rings. The standard InChI is InChI=1S/C20H14ClN5O3/c1-11-17-18(12-7-8-15(21)16(9-12)26(27)28)14(10-22)19(23)29-20(17)25(24-11)13-5-3-2-4-6-13/h2-9,18H,23H2,1H3/t18-/m1/s1. The predicted octanol–water partition coefficient (Wildman–Crippen LogP) is 3.96. The van der Waals surface area contributed by atoms with E-state index in [-0.39, 0.29) is 22.2 Å². The van der Waals surface area contributed by atoms with Gasteiger partial charge in [-0.3, -0.25) is 10.1 Å². The van der Waals surface area contributed by atoms with E-state index >= 15 is 0 Å². The minimum absolute atomic E-state index is 0.0122. The van der Waals surface area contributed by atoms with Gasteiger partial charge in [-0.2, -0.15) is 10.4 Å². The van der Waals surface area contributed by atoms with Gasteiger partial charge in [0, 0.05) is 6.07 Å². The fourth-order valence-electron chi connectivity index (χ4n) is 3.44. The van der Waals surface area contributed by atoms with Crippen LogP contribution in [-0.2, 0) is 0 Å². The summed E-state index contributed by atoms with van der Waals surface area (Å²) >= 11 is 5.96. The van der Waals surface area contributed by atoms with E-state index in [1.807, 2.05) is 30.3 Å². The van der Waals surface area contributed by atoms with Crippen molar-refractivity contribution in [1.29, 1.82) is 5.26 Å². The number of rotatable bonds is 3. The van der Waals surface area contributed by atoms with Gasteiger partial charge < -0.3 is 10.5 Å². The summed E-state index contributed by atoms with van der Waals surface area (Å²) < 4.78 is 7.37. The van der Waals surface area contributed by atoms with Crippen molar-refractivity contribution in [2.24, 2.45) is 5.73 Å². The maximum Gasteiger partial charge on any atom is 0.288 e. The van der Waals surface area contributed by atoms with Crippen LogP contribution in [-0.4, -0.2) is 14.7 Å². The van der Waals surface area contributed by atoms with Crippen LogP contribution in [0, 0.1) is 28.4 Å². The number of para-hydroxylation sites is 1. The molecule has 2 aromatic carbocycles. The van der Waals surface area contributed by atoms with E-state index in [9.17, 15) is 15.4 Å². The van der Waals surface area contributed by atoms with Crippen molar-refractivity contribution in [1.82, 2.24) is 9.78 Å². The SMILES string of the molecule is Cc1nn(-c2ccccc2)c2c1[C@H](c1ccc(Cl)c([N+](=O)[O-])c1)C(C#N)=C(N)O2. The van der Waals surface area contributed by atoms with Crippen molar-refractivity contribution < 1.29 is 9.66 Å². The van der Waals surface area contributed by atoms with E-state index in [1.54, 1.807) is 17.7 Å². The van der Waals surface area contributed by atoms with Gasteiger partial charge in [0.2, 0.25) is 11.8 Å². The summed E-state index contributed by atoms with van der Waals surface area (Å²) in [6.07, 6.45) is 0. The number of hydrogen-bond donors (Lipinski definition) is 1. The molecule has 8 nitrogen and oxygen atoms in total. The number of aromatic nitrogens is 2. The summed E-state index contributed by atoms with van der Waals surface area (Å²) in [4.78, 5) is 10.8. The van der Waals surface area contributed by atoms with Crippen LogP contribution >= 0.6 is 11.6 Å². The molecule has 0 saturated carbocycles. The van der Waals surface area contributed by atoms with Crippen LogP contribution in [0.4, 0.5) is 5.69 Å². The van der Waals surface area contributed by atoms with E-state index in [1.165, 1.54) is 12.1 Å². The second kappa shape index (κ2) is 6.96.